The molecule has 0 N–H and O–H groups in total. The summed E-state index contributed by atoms with van der Waals surface area (Å²) in [6, 6.07) is 0. The number of hydrogen-bond donors (Lipinski definition) is 1. The molecule has 0 spiro atoms. The molecule has 1 aromatic rings. The molecule has 0 fully saturated rings. The Balaban J connectivity index is 2.29. The van der Waals surface area contributed by atoms with E-state index in [2.05, 4.69) is 17.4 Å². The minimum Gasteiger partial charge on any atom is -0.454 e. The summed E-state index contributed by atoms with van der Waals surface area (Å²) >= 11 is 3.47. The lowest BCUT2D eigenvalue weighted by atomic mass is 10.7. The van der Waals surface area contributed by atoms with Crippen molar-refractivity contribution in [1.29, 1.82) is 0 Å². The maximum atomic E-state index is 10.3. The fraction of sp³-hybridized carbons (Fsp3) is 0.429. The van der Waals surface area contributed by atoms with Gasteiger partial charge in [0.05, 0.1) is 7.05 Å². The fourth-order valence-corrected chi connectivity index (χ4v) is 0.964. The van der Waals surface area contributed by atoms with Crippen LogP contribution in [0.5, 0.6) is 0 Å². The molecular weight excluding hydrogens is 176 g/mol. The zero-order valence-corrected chi connectivity index (χ0v) is 7.70. The molecule has 0 atom stereocenters. The third-order valence-corrected chi connectivity index (χ3v) is 1.53. The van der Waals surface area contributed by atoms with Gasteiger partial charge in [0.1, 0.15) is 25.5 Å². The highest BCUT2D eigenvalue weighted by Gasteiger charge is 2.00. The summed E-state index contributed by atoms with van der Waals surface area (Å²) in [4.78, 5) is 10.3. The first kappa shape index (κ1) is 9.12. The quantitative estimate of drug-likeness (QED) is 0.422. The normalized spacial score (nSPS) is 9.83. The highest BCUT2D eigenvalue weighted by molar-refractivity contribution is 7.96. The lowest BCUT2D eigenvalue weighted by Gasteiger charge is -1.96. The van der Waals surface area contributed by atoms with E-state index in [1.54, 1.807) is 0 Å². The minimum atomic E-state index is -0.536. The Bertz CT molecular complexity index is 272. The third kappa shape index (κ3) is 2.96. The summed E-state index contributed by atoms with van der Waals surface area (Å²) in [6.07, 6.45) is 5.74. The van der Waals surface area contributed by atoms with Gasteiger partial charge in [0.15, 0.2) is 0 Å². The second kappa shape index (κ2) is 4.15. The topological polar surface area (TPSA) is 35.1 Å². The SMILES string of the molecule is C[n+]1ccn(CCOC(=O)S)c1. The summed E-state index contributed by atoms with van der Waals surface area (Å²) in [5, 5.41) is -0.536. The van der Waals surface area contributed by atoms with Crippen molar-refractivity contribution in [2.45, 2.75) is 6.54 Å². The number of hydrogen-bond acceptors (Lipinski definition) is 2. The molecule has 0 unspecified atom stereocenters. The maximum absolute atomic E-state index is 10.3. The second-order valence-corrected chi connectivity index (χ2v) is 2.80. The van der Waals surface area contributed by atoms with Gasteiger partial charge in [-0.3, -0.25) is 0 Å². The molecule has 12 heavy (non-hydrogen) atoms. The lowest BCUT2D eigenvalue weighted by Crippen LogP contribution is -2.24. The molecule has 1 rings (SSSR count). The fourth-order valence-electron chi connectivity index (χ4n) is 0.872. The molecule has 1 aromatic heterocycles. The Morgan fingerprint density at radius 3 is 3.00 bits per heavy atom. The predicted molar refractivity (Wildman–Crippen MR) is 45.9 cm³/mol. The number of aromatic nitrogens is 2. The zero-order chi connectivity index (χ0) is 8.97. The maximum Gasteiger partial charge on any atom is 0.364 e. The Labute approximate surface area is 76.2 Å². The summed E-state index contributed by atoms with van der Waals surface area (Å²) in [6.45, 7) is 1.02. The molecular formula is C7H11N2O2S+. The number of carbonyl (C=O) groups is 1. The lowest BCUT2D eigenvalue weighted by molar-refractivity contribution is -0.671. The van der Waals surface area contributed by atoms with Crippen LogP contribution in [0.1, 0.15) is 0 Å². The van der Waals surface area contributed by atoms with E-state index in [0.717, 1.165) is 0 Å². The smallest absolute Gasteiger partial charge is 0.364 e. The van der Waals surface area contributed by atoms with Crippen molar-refractivity contribution >= 4 is 17.9 Å². The van der Waals surface area contributed by atoms with Crippen LogP contribution in [0, 0.1) is 0 Å². The van der Waals surface area contributed by atoms with Crippen LogP contribution in [-0.4, -0.2) is 16.5 Å². The van der Waals surface area contributed by atoms with Gasteiger partial charge in [0.2, 0.25) is 6.33 Å². The molecule has 0 aliphatic rings. The summed E-state index contributed by atoms with van der Waals surface area (Å²) in [5.74, 6) is 0. The van der Waals surface area contributed by atoms with Gasteiger partial charge in [-0.05, 0) is 0 Å². The van der Waals surface area contributed by atoms with Crippen LogP contribution in [0.3, 0.4) is 0 Å². The Kier molecular flexibility index (Phi) is 3.16. The van der Waals surface area contributed by atoms with Crippen molar-refractivity contribution in [2.24, 2.45) is 7.05 Å². The molecule has 0 aliphatic carbocycles. The van der Waals surface area contributed by atoms with Crippen LogP contribution in [0.2, 0.25) is 0 Å². The van der Waals surface area contributed by atoms with Crippen molar-refractivity contribution in [2.75, 3.05) is 6.61 Å². The minimum absolute atomic E-state index is 0.358. The summed E-state index contributed by atoms with van der Waals surface area (Å²) < 4.78 is 8.50. The number of thiol groups is 1. The second-order valence-electron chi connectivity index (χ2n) is 2.43. The first-order valence-corrected chi connectivity index (χ1v) is 4.00. The van der Waals surface area contributed by atoms with Crippen LogP contribution in [0.15, 0.2) is 18.7 Å². The molecule has 0 saturated carbocycles. The Morgan fingerprint density at radius 1 is 1.75 bits per heavy atom. The highest BCUT2D eigenvalue weighted by Crippen LogP contribution is 1.88. The number of nitrogens with zero attached hydrogens (tertiary/aromatic N) is 2. The average molecular weight is 187 g/mol. The molecule has 0 aromatic carbocycles. The van der Waals surface area contributed by atoms with Gasteiger partial charge >= 0.3 is 5.30 Å². The molecule has 1 heterocycles. The van der Waals surface area contributed by atoms with E-state index < -0.39 is 5.30 Å². The third-order valence-electron chi connectivity index (χ3n) is 1.40. The molecule has 66 valence electrons. The van der Waals surface area contributed by atoms with Gasteiger partial charge in [-0.2, -0.15) is 0 Å². The van der Waals surface area contributed by atoms with Crippen molar-refractivity contribution in [3.63, 3.8) is 0 Å². The average Bonchev–Trinajstić information content (AvgIpc) is 2.35. The summed E-state index contributed by atoms with van der Waals surface area (Å²) in [5.41, 5.74) is 0. The van der Waals surface area contributed by atoms with E-state index in [1.807, 2.05) is 34.9 Å². The predicted octanol–water partition coefficient (Wildman–Crippen LogP) is 0.379. The van der Waals surface area contributed by atoms with E-state index in [1.165, 1.54) is 0 Å². The molecule has 0 bridgehead atoms. The number of ether oxygens (including phenoxy) is 1. The van der Waals surface area contributed by atoms with Crippen LogP contribution < -0.4 is 4.57 Å². The standard InChI is InChI=1S/C7H10N2O2S/c1-8-2-3-9(6-8)4-5-11-7(10)12/h2-3,6H,4-5H2,1H3/p+1. The number of rotatable bonds is 3. The van der Waals surface area contributed by atoms with Crippen LogP contribution in [0.25, 0.3) is 0 Å². The van der Waals surface area contributed by atoms with Gasteiger partial charge in [-0.15, -0.1) is 0 Å². The molecule has 0 amide bonds. The van der Waals surface area contributed by atoms with Gasteiger partial charge in [0.25, 0.3) is 0 Å². The first-order valence-electron chi connectivity index (χ1n) is 3.55. The van der Waals surface area contributed by atoms with E-state index >= 15 is 0 Å². The van der Waals surface area contributed by atoms with Gasteiger partial charge in [-0.1, -0.05) is 12.6 Å². The van der Waals surface area contributed by atoms with E-state index in [-0.39, 0.29) is 0 Å². The van der Waals surface area contributed by atoms with Crippen molar-refractivity contribution in [1.82, 2.24) is 4.57 Å². The number of aryl methyl sites for hydroxylation is 1. The van der Waals surface area contributed by atoms with Gasteiger partial charge < -0.3 is 4.74 Å². The van der Waals surface area contributed by atoms with Gasteiger partial charge in [0, 0.05) is 0 Å². The Morgan fingerprint density at radius 2 is 2.50 bits per heavy atom. The summed E-state index contributed by atoms with van der Waals surface area (Å²) in [7, 11) is 1.93. The zero-order valence-electron chi connectivity index (χ0n) is 6.80. The van der Waals surface area contributed by atoms with Crippen LogP contribution in [-0.2, 0) is 18.3 Å². The van der Waals surface area contributed by atoms with Crippen molar-refractivity contribution < 1.29 is 14.1 Å². The molecule has 0 aliphatic heterocycles. The van der Waals surface area contributed by atoms with Crippen molar-refractivity contribution in [3.05, 3.63) is 18.7 Å². The van der Waals surface area contributed by atoms with E-state index in [9.17, 15) is 4.79 Å². The highest BCUT2D eigenvalue weighted by atomic mass is 32.1. The van der Waals surface area contributed by atoms with Crippen LogP contribution >= 0.6 is 12.6 Å². The monoisotopic (exact) mass is 187 g/mol. The molecule has 4 nitrogen and oxygen atoms in total. The largest absolute Gasteiger partial charge is 0.454 e. The van der Waals surface area contributed by atoms with Crippen LogP contribution in [0.4, 0.5) is 4.79 Å². The number of imidazole rings is 1. The first-order chi connectivity index (χ1) is 5.68. The molecule has 0 radical (unpaired) electrons. The Hall–Kier alpha value is -0.970. The van der Waals surface area contributed by atoms with E-state index in [0.29, 0.717) is 13.2 Å². The van der Waals surface area contributed by atoms with E-state index in [4.69, 9.17) is 0 Å². The molecule has 0 saturated heterocycles. The van der Waals surface area contributed by atoms with Crippen molar-refractivity contribution in [3.8, 4) is 0 Å². The number of carbonyl (C=O) groups excluding carboxylic acids is 1. The van der Waals surface area contributed by atoms with Gasteiger partial charge in [-0.25, -0.2) is 13.9 Å². The molecule has 5 heteroatoms.